The third-order valence-electron chi connectivity index (χ3n) is 6.44. The number of halogens is 2. The Hall–Kier alpha value is -2.26. The fourth-order valence-corrected chi connectivity index (χ4v) is 4.16. The van der Waals surface area contributed by atoms with Gasteiger partial charge in [0.15, 0.2) is 0 Å². The first kappa shape index (κ1) is 25.4. The molecule has 2 heterocycles. The molecule has 7 nitrogen and oxygen atoms in total. The molecule has 33 heavy (non-hydrogen) atoms. The molecule has 9 heteroatoms. The van der Waals surface area contributed by atoms with Gasteiger partial charge in [-0.3, -0.25) is 15.0 Å². The molecule has 2 saturated heterocycles. The average Bonchev–Trinajstić information content (AvgIpc) is 2.73. The third-order valence-corrected chi connectivity index (χ3v) is 6.44. The van der Waals surface area contributed by atoms with Gasteiger partial charge in [-0.1, -0.05) is 0 Å². The first-order valence-electron chi connectivity index (χ1n) is 11.9. The van der Waals surface area contributed by atoms with Gasteiger partial charge < -0.3 is 15.4 Å². The minimum Gasteiger partial charge on any atom is -0.494 e. The molecule has 184 valence electrons. The Labute approximate surface area is 194 Å². The van der Waals surface area contributed by atoms with E-state index in [1.54, 1.807) is 5.01 Å². The minimum absolute atomic E-state index is 0.0449. The second-order valence-corrected chi connectivity index (χ2v) is 9.30. The van der Waals surface area contributed by atoms with Crippen LogP contribution in [0.1, 0.15) is 54.9 Å². The summed E-state index contributed by atoms with van der Waals surface area (Å²) >= 11 is 0. The number of nitrogens with one attached hydrogen (secondary N) is 3. The molecule has 0 atom stereocenters. The van der Waals surface area contributed by atoms with Crippen LogP contribution in [-0.4, -0.2) is 62.1 Å². The van der Waals surface area contributed by atoms with Gasteiger partial charge in [-0.25, -0.2) is 5.01 Å². The molecule has 0 saturated carbocycles. The second-order valence-electron chi connectivity index (χ2n) is 9.30. The van der Waals surface area contributed by atoms with E-state index in [1.165, 1.54) is 0 Å². The van der Waals surface area contributed by atoms with Crippen LogP contribution in [0.5, 0.6) is 5.75 Å². The maximum absolute atomic E-state index is 13.0. The summed E-state index contributed by atoms with van der Waals surface area (Å²) in [6, 6.07) is 5.55. The monoisotopic (exact) mass is 466 g/mol. The number of piperidine rings is 1. The van der Waals surface area contributed by atoms with E-state index in [1.807, 2.05) is 25.1 Å². The largest absolute Gasteiger partial charge is 0.494 e. The summed E-state index contributed by atoms with van der Waals surface area (Å²) in [6.45, 7) is 7.03. The van der Waals surface area contributed by atoms with E-state index < -0.39 is 11.8 Å². The highest BCUT2D eigenvalue weighted by Crippen LogP contribution is 2.23. The van der Waals surface area contributed by atoms with Crippen LogP contribution in [0.25, 0.3) is 0 Å². The molecule has 0 unspecified atom stereocenters. The van der Waals surface area contributed by atoms with E-state index >= 15 is 0 Å². The highest BCUT2D eigenvalue weighted by Gasteiger charge is 2.34. The summed E-state index contributed by atoms with van der Waals surface area (Å²) in [4.78, 5) is 23.8. The van der Waals surface area contributed by atoms with Crippen molar-refractivity contribution in [1.29, 1.82) is 0 Å². The fraction of sp³-hybridized carbons (Fsp3) is 0.667. The zero-order valence-corrected chi connectivity index (χ0v) is 19.6. The predicted octanol–water partition coefficient (Wildman–Crippen LogP) is 2.89. The number of rotatable bonds is 11. The molecule has 1 aromatic carbocycles. The standard InChI is InChI=1S/C24H36F2N4O3/c1-17-14-20(5-6-21(17)22(31)28-10-7-19-15-27-16-19)33-13-3-4-18-8-11-30(12-9-18)29-23(32)24(2,25)26/h5-6,14,18-19,27H,3-4,7-13,15-16H2,1-2H3,(H,28,31)(H,29,32). The van der Waals surface area contributed by atoms with Gasteiger partial charge in [0.25, 0.3) is 5.91 Å². The Bertz CT molecular complexity index is 803. The van der Waals surface area contributed by atoms with Crippen molar-refractivity contribution in [3.05, 3.63) is 29.3 Å². The topological polar surface area (TPSA) is 82.7 Å². The number of carbonyl (C=O) groups is 2. The van der Waals surface area contributed by atoms with Crippen LogP contribution >= 0.6 is 0 Å². The molecule has 2 fully saturated rings. The number of hydrogen-bond acceptors (Lipinski definition) is 5. The highest BCUT2D eigenvalue weighted by atomic mass is 19.3. The number of nitrogens with zero attached hydrogens (tertiary/aromatic N) is 1. The summed E-state index contributed by atoms with van der Waals surface area (Å²) in [5.74, 6) is -2.74. The van der Waals surface area contributed by atoms with Crippen molar-refractivity contribution >= 4 is 11.8 Å². The van der Waals surface area contributed by atoms with Crippen molar-refractivity contribution in [3.63, 3.8) is 0 Å². The molecule has 0 spiro atoms. The van der Waals surface area contributed by atoms with Gasteiger partial charge in [-0.15, -0.1) is 0 Å². The Kier molecular flexibility index (Phi) is 9.02. The predicted molar refractivity (Wildman–Crippen MR) is 122 cm³/mol. The van der Waals surface area contributed by atoms with Crippen LogP contribution in [0.15, 0.2) is 18.2 Å². The zero-order chi connectivity index (χ0) is 23.8. The highest BCUT2D eigenvalue weighted by molar-refractivity contribution is 5.95. The number of aryl methyl sites for hydroxylation is 1. The number of hydrogen-bond donors (Lipinski definition) is 3. The summed E-state index contributed by atoms with van der Waals surface area (Å²) in [7, 11) is 0. The van der Waals surface area contributed by atoms with Crippen molar-refractivity contribution in [3.8, 4) is 5.75 Å². The Morgan fingerprint density at radius 3 is 2.52 bits per heavy atom. The van der Waals surface area contributed by atoms with Gasteiger partial charge in [0.05, 0.1) is 6.61 Å². The van der Waals surface area contributed by atoms with E-state index in [0.717, 1.165) is 56.5 Å². The summed E-state index contributed by atoms with van der Waals surface area (Å²) < 4.78 is 31.9. The average molecular weight is 467 g/mol. The van der Waals surface area contributed by atoms with Crippen LogP contribution in [0, 0.1) is 18.8 Å². The molecule has 2 aliphatic heterocycles. The van der Waals surface area contributed by atoms with Gasteiger partial charge in [0.2, 0.25) is 0 Å². The molecular formula is C24H36F2N4O3. The first-order valence-corrected chi connectivity index (χ1v) is 11.9. The molecule has 3 rings (SSSR count). The van der Waals surface area contributed by atoms with Crippen LogP contribution in [-0.2, 0) is 4.79 Å². The maximum atomic E-state index is 13.0. The Morgan fingerprint density at radius 1 is 1.18 bits per heavy atom. The van der Waals surface area contributed by atoms with Crippen molar-refractivity contribution < 1.29 is 23.1 Å². The number of alkyl halides is 2. The van der Waals surface area contributed by atoms with E-state index in [-0.39, 0.29) is 5.91 Å². The van der Waals surface area contributed by atoms with E-state index in [2.05, 4.69) is 16.1 Å². The molecule has 2 amide bonds. The van der Waals surface area contributed by atoms with E-state index in [9.17, 15) is 18.4 Å². The van der Waals surface area contributed by atoms with Crippen molar-refractivity contribution in [2.24, 2.45) is 11.8 Å². The third kappa shape index (κ3) is 7.92. The van der Waals surface area contributed by atoms with Gasteiger partial charge >= 0.3 is 11.8 Å². The summed E-state index contributed by atoms with van der Waals surface area (Å²) in [5.41, 5.74) is 3.86. The smallest absolute Gasteiger partial charge is 0.323 e. The molecule has 2 aliphatic rings. The van der Waals surface area contributed by atoms with Gasteiger partial charge in [-0.2, -0.15) is 8.78 Å². The van der Waals surface area contributed by atoms with Crippen LogP contribution in [0.2, 0.25) is 0 Å². The molecule has 0 bridgehead atoms. The lowest BCUT2D eigenvalue weighted by Gasteiger charge is -2.32. The van der Waals surface area contributed by atoms with E-state index in [4.69, 9.17) is 4.74 Å². The molecule has 0 aliphatic carbocycles. The normalized spacial score (nSPS) is 17.9. The van der Waals surface area contributed by atoms with Gasteiger partial charge in [0.1, 0.15) is 5.75 Å². The first-order chi connectivity index (χ1) is 15.7. The lowest BCUT2D eigenvalue weighted by Crippen LogP contribution is -2.51. The van der Waals surface area contributed by atoms with Crippen LogP contribution in [0.4, 0.5) is 8.78 Å². The quantitative estimate of drug-likeness (QED) is 0.437. The molecular weight excluding hydrogens is 430 g/mol. The number of benzene rings is 1. The van der Waals surface area contributed by atoms with Gasteiger partial charge in [-0.05, 0) is 87.7 Å². The van der Waals surface area contributed by atoms with E-state index in [0.29, 0.717) is 50.6 Å². The molecule has 3 N–H and O–H groups in total. The number of hydrazine groups is 1. The summed E-state index contributed by atoms with van der Waals surface area (Å²) in [5, 5.41) is 7.81. The number of ether oxygens (including phenoxy) is 1. The fourth-order valence-electron chi connectivity index (χ4n) is 4.16. The number of amides is 2. The van der Waals surface area contributed by atoms with Crippen molar-refractivity contribution in [2.45, 2.75) is 51.9 Å². The van der Waals surface area contributed by atoms with Crippen LogP contribution in [0.3, 0.4) is 0 Å². The van der Waals surface area contributed by atoms with Crippen molar-refractivity contribution in [1.82, 2.24) is 21.1 Å². The van der Waals surface area contributed by atoms with Crippen LogP contribution < -0.4 is 20.8 Å². The Morgan fingerprint density at radius 2 is 1.91 bits per heavy atom. The molecule has 0 radical (unpaired) electrons. The molecule has 1 aromatic rings. The minimum atomic E-state index is -3.36. The molecule has 0 aromatic heterocycles. The maximum Gasteiger partial charge on any atom is 0.323 e. The summed E-state index contributed by atoms with van der Waals surface area (Å²) in [6.07, 6.45) is 4.59. The number of carbonyl (C=O) groups excluding carboxylic acids is 2. The lowest BCUT2D eigenvalue weighted by molar-refractivity contribution is -0.149. The Balaban J connectivity index is 1.31. The lowest BCUT2D eigenvalue weighted by atomic mass is 9.93. The SMILES string of the molecule is Cc1cc(OCCCC2CCN(NC(=O)C(C)(F)F)CC2)ccc1C(=O)NCCC1CNC1. The van der Waals surface area contributed by atoms with Crippen molar-refractivity contribution in [2.75, 3.05) is 39.3 Å². The van der Waals surface area contributed by atoms with Gasteiger partial charge in [0, 0.05) is 32.1 Å². The zero-order valence-electron chi connectivity index (χ0n) is 19.6. The second kappa shape index (κ2) is 11.7.